The average Bonchev–Trinajstić information content (AvgIpc) is 2.97. The summed E-state index contributed by atoms with van der Waals surface area (Å²) in [7, 11) is 2.10. The molecule has 2 heterocycles. The fourth-order valence-electron chi connectivity index (χ4n) is 4.76. The van der Waals surface area contributed by atoms with Crippen LogP contribution in [0.25, 0.3) is 0 Å². The Morgan fingerprint density at radius 2 is 1.83 bits per heavy atom. The van der Waals surface area contributed by atoms with E-state index in [1.54, 1.807) is 4.90 Å². The van der Waals surface area contributed by atoms with Crippen LogP contribution in [-0.2, 0) is 0 Å². The first-order valence-electron chi connectivity index (χ1n) is 8.57. The zero-order valence-electron chi connectivity index (χ0n) is 14.6. The van der Waals surface area contributed by atoms with Gasteiger partial charge in [-0.25, -0.2) is 4.79 Å². The maximum Gasteiger partial charge on any atom is 0.409 e. The van der Waals surface area contributed by atoms with Crippen molar-refractivity contribution in [3.8, 4) is 0 Å². The molecule has 3 rings (SSSR count). The quantitative estimate of drug-likeness (QED) is 0.902. The van der Waals surface area contributed by atoms with E-state index in [-0.39, 0.29) is 17.1 Å². The van der Waals surface area contributed by atoms with Gasteiger partial charge in [0.05, 0.1) is 6.04 Å². The van der Waals surface area contributed by atoms with Crippen molar-refractivity contribution < 1.29 is 9.90 Å². The third-order valence-corrected chi connectivity index (χ3v) is 5.81. The van der Waals surface area contributed by atoms with E-state index in [1.807, 2.05) is 18.2 Å². The number of hydrogen-bond acceptors (Lipinski definition) is 2. The zero-order valence-corrected chi connectivity index (χ0v) is 14.6. The van der Waals surface area contributed by atoms with Crippen LogP contribution in [0.4, 0.5) is 4.79 Å². The molecular weight excluding hydrogens is 288 g/mol. The fourth-order valence-corrected chi connectivity index (χ4v) is 4.76. The van der Waals surface area contributed by atoms with E-state index >= 15 is 0 Å². The van der Waals surface area contributed by atoms with E-state index in [0.717, 1.165) is 31.2 Å². The van der Waals surface area contributed by atoms with Gasteiger partial charge in [-0.2, -0.15) is 0 Å². The molecule has 0 spiro atoms. The maximum absolute atomic E-state index is 12.4. The van der Waals surface area contributed by atoms with E-state index < -0.39 is 6.09 Å². The lowest BCUT2D eigenvalue weighted by Gasteiger charge is -2.50. The van der Waals surface area contributed by atoms with Crippen LogP contribution < -0.4 is 0 Å². The highest BCUT2D eigenvalue weighted by molar-refractivity contribution is 5.67. The predicted molar refractivity (Wildman–Crippen MR) is 91.3 cm³/mol. The number of carboxylic acid groups (broad SMARTS) is 1. The fraction of sp³-hybridized carbons (Fsp3) is 0.632. The molecule has 0 saturated carbocycles. The number of nitrogens with zero attached hydrogens (tertiary/aromatic N) is 2. The molecule has 1 atom stereocenters. The predicted octanol–water partition coefficient (Wildman–Crippen LogP) is 4.34. The van der Waals surface area contributed by atoms with Crippen LogP contribution >= 0.6 is 0 Å². The van der Waals surface area contributed by atoms with Crippen molar-refractivity contribution in [3.63, 3.8) is 0 Å². The second-order valence-electron chi connectivity index (χ2n) is 8.16. The van der Waals surface area contributed by atoms with Gasteiger partial charge in [0.1, 0.15) is 5.66 Å². The summed E-state index contributed by atoms with van der Waals surface area (Å²) in [5.74, 6) is 0. The van der Waals surface area contributed by atoms with Crippen LogP contribution in [0.3, 0.4) is 0 Å². The highest BCUT2D eigenvalue weighted by Crippen LogP contribution is 2.52. The molecule has 2 fully saturated rings. The molecule has 1 amide bonds. The van der Waals surface area contributed by atoms with Gasteiger partial charge in [-0.3, -0.25) is 9.80 Å². The minimum atomic E-state index is -0.803. The Morgan fingerprint density at radius 1 is 1.26 bits per heavy atom. The van der Waals surface area contributed by atoms with E-state index in [4.69, 9.17) is 0 Å². The summed E-state index contributed by atoms with van der Waals surface area (Å²) >= 11 is 0. The second kappa shape index (κ2) is 5.52. The molecule has 1 N–H and O–H groups in total. The Balaban J connectivity index is 2.10. The van der Waals surface area contributed by atoms with E-state index in [1.165, 1.54) is 0 Å². The van der Waals surface area contributed by atoms with Crippen LogP contribution in [0.1, 0.15) is 58.1 Å². The number of hydrogen-bond donors (Lipinski definition) is 1. The molecule has 1 aromatic rings. The molecule has 23 heavy (non-hydrogen) atoms. The summed E-state index contributed by atoms with van der Waals surface area (Å²) in [6, 6.07) is 10.5. The second-order valence-corrected chi connectivity index (χ2v) is 8.16. The van der Waals surface area contributed by atoms with E-state index in [2.05, 4.69) is 44.9 Å². The molecule has 2 aliphatic rings. The Kier molecular flexibility index (Phi) is 3.91. The zero-order chi connectivity index (χ0) is 16.8. The standard InChI is InChI=1S/C19H28N2O2/c1-18(2,3)16(14-8-6-5-7-9-14)21(17(22)23)19-12-10-15(11-13-19)20(19)4/h5-9,15-16H,10-13H2,1-4H3,(H,22,23). The Morgan fingerprint density at radius 3 is 2.22 bits per heavy atom. The molecule has 2 aliphatic heterocycles. The van der Waals surface area contributed by atoms with Crippen molar-refractivity contribution in [2.75, 3.05) is 7.05 Å². The lowest BCUT2D eigenvalue weighted by atomic mass is 9.79. The summed E-state index contributed by atoms with van der Waals surface area (Å²) < 4.78 is 0. The highest BCUT2D eigenvalue weighted by atomic mass is 16.4. The summed E-state index contributed by atoms with van der Waals surface area (Å²) in [6.45, 7) is 6.41. The lowest BCUT2D eigenvalue weighted by molar-refractivity contribution is -0.0485. The SMILES string of the molecule is CN1C2CCC1(N(C(=O)O)C(c1ccccc1)C(C)(C)C)CC2. The van der Waals surface area contributed by atoms with Gasteiger partial charge in [-0.15, -0.1) is 0 Å². The topological polar surface area (TPSA) is 43.8 Å². The van der Waals surface area contributed by atoms with Gasteiger partial charge in [0.15, 0.2) is 0 Å². The molecule has 126 valence electrons. The first kappa shape index (κ1) is 16.3. The van der Waals surface area contributed by atoms with Gasteiger partial charge >= 0.3 is 6.09 Å². The third-order valence-electron chi connectivity index (χ3n) is 5.81. The Labute approximate surface area is 139 Å². The largest absolute Gasteiger partial charge is 0.465 e. The van der Waals surface area contributed by atoms with Gasteiger partial charge in [0.2, 0.25) is 0 Å². The number of fused-ring (bicyclic) bond motifs is 2. The lowest BCUT2D eigenvalue weighted by Crippen LogP contribution is -2.59. The van der Waals surface area contributed by atoms with Crippen LogP contribution in [-0.4, -0.2) is 39.8 Å². The number of amides is 1. The molecule has 2 saturated heterocycles. The number of rotatable bonds is 3. The van der Waals surface area contributed by atoms with Gasteiger partial charge in [-0.05, 0) is 43.7 Å². The summed E-state index contributed by atoms with van der Waals surface area (Å²) in [6.07, 6.45) is 3.29. The smallest absolute Gasteiger partial charge is 0.409 e. The van der Waals surface area contributed by atoms with E-state index in [0.29, 0.717) is 6.04 Å². The van der Waals surface area contributed by atoms with Gasteiger partial charge < -0.3 is 5.11 Å². The minimum absolute atomic E-state index is 0.152. The first-order valence-corrected chi connectivity index (χ1v) is 8.57. The summed E-state index contributed by atoms with van der Waals surface area (Å²) in [5, 5.41) is 10.2. The van der Waals surface area contributed by atoms with Gasteiger partial charge in [-0.1, -0.05) is 51.1 Å². The third kappa shape index (κ3) is 2.53. The minimum Gasteiger partial charge on any atom is -0.465 e. The normalized spacial score (nSPS) is 28.8. The van der Waals surface area contributed by atoms with Crippen molar-refractivity contribution in [2.45, 2.75) is 64.2 Å². The van der Waals surface area contributed by atoms with Crippen molar-refractivity contribution in [1.29, 1.82) is 0 Å². The molecule has 0 aromatic heterocycles. The molecule has 0 radical (unpaired) electrons. The molecule has 0 aliphatic carbocycles. The summed E-state index contributed by atoms with van der Waals surface area (Å²) in [4.78, 5) is 16.5. The Bertz CT molecular complexity index is 571. The average molecular weight is 316 g/mol. The van der Waals surface area contributed by atoms with Crippen molar-refractivity contribution in [3.05, 3.63) is 35.9 Å². The van der Waals surface area contributed by atoms with Crippen molar-refractivity contribution in [1.82, 2.24) is 9.80 Å². The van der Waals surface area contributed by atoms with Crippen molar-refractivity contribution >= 4 is 6.09 Å². The Hall–Kier alpha value is -1.55. The van der Waals surface area contributed by atoms with Crippen LogP contribution in [0, 0.1) is 5.41 Å². The van der Waals surface area contributed by atoms with Crippen LogP contribution in [0.5, 0.6) is 0 Å². The molecule has 4 nitrogen and oxygen atoms in total. The van der Waals surface area contributed by atoms with Crippen molar-refractivity contribution in [2.24, 2.45) is 5.41 Å². The number of benzene rings is 1. The van der Waals surface area contributed by atoms with Crippen LogP contribution in [0.15, 0.2) is 30.3 Å². The molecule has 2 bridgehead atoms. The maximum atomic E-state index is 12.4. The molecular formula is C19H28N2O2. The molecule has 1 aromatic carbocycles. The van der Waals surface area contributed by atoms with Crippen LogP contribution in [0.2, 0.25) is 0 Å². The molecule has 4 heteroatoms. The van der Waals surface area contributed by atoms with Gasteiger partial charge in [0.25, 0.3) is 0 Å². The van der Waals surface area contributed by atoms with E-state index in [9.17, 15) is 9.90 Å². The molecule has 1 unspecified atom stereocenters. The van der Waals surface area contributed by atoms with Gasteiger partial charge in [0, 0.05) is 6.04 Å². The first-order chi connectivity index (χ1) is 10.8. The number of carbonyl (C=O) groups is 1. The summed E-state index contributed by atoms with van der Waals surface area (Å²) in [5.41, 5.74) is 0.570. The highest BCUT2D eigenvalue weighted by Gasteiger charge is 2.57. The monoisotopic (exact) mass is 316 g/mol.